The van der Waals surface area contributed by atoms with Gasteiger partial charge in [-0.15, -0.1) is 5.10 Å². The van der Waals surface area contributed by atoms with Crippen LogP contribution >= 0.6 is 11.6 Å². The van der Waals surface area contributed by atoms with Crippen LogP contribution in [-0.2, 0) is 6.42 Å². The van der Waals surface area contributed by atoms with Crippen LogP contribution in [0.1, 0.15) is 11.5 Å². The van der Waals surface area contributed by atoms with Crippen molar-refractivity contribution in [2.45, 2.75) is 6.42 Å². The van der Waals surface area contributed by atoms with Crippen LogP contribution in [0.3, 0.4) is 0 Å². The molecule has 15 heavy (non-hydrogen) atoms. The number of nitrogen functional groups attached to an aromatic ring is 1. The third kappa shape index (κ3) is 2.07. The summed E-state index contributed by atoms with van der Waals surface area (Å²) in [5.74, 6) is -0.168. The molecule has 0 saturated heterocycles. The molecule has 0 aliphatic heterocycles. The van der Waals surface area contributed by atoms with E-state index in [1.54, 1.807) is 6.07 Å². The van der Waals surface area contributed by atoms with Gasteiger partial charge < -0.3 is 10.2 Å². The highest BCUT2D eigenvalue weighted by Gasteiger charge is 2.11. The summed E-state index contributed by atoms with van der Waals surface area (Å²) < 4.78 is 18.3. The Morgan fingerprint density at radius 2 is 2.20 bits per heavy atom. The smallest absolute Gasteiger partial charge is 0.312 e. The largest absolute Gasteiger partial charge is 0.408 e. The lowest BCUT2D eigenvalue weighted by Crippen LogP contribution is -1.94. The Balaban J connectivity index is 2.31. The summed E-state index contributed by atoms with van der Waals surface area (Å²) in [4.78, 5) is 0. The minimum absolute atomic E-state index is 0.0440. The average molecular weight is 228 g/mol. The number of benzene rings is 1. The zero-order valence-corrected chi connectivity index (χ0v) is 8.33. The molecule has 1 aromatic carbocycles. The van der Waals surface area contributed by atoms with Gasteiger partial charge in [0.1, 0.15) is 5.82 Å². The average Bonchev–Trinajstić information content (AvgIpc) is 2.58. The highest BCUT2D eigenvalue weighted by molar-refractivity contribution is 6.31. The topological polar surface area (TPSA) is 64.9 Å². The van der Waals surface area contributed by atoms with E-state index in [2.05, 4.69) is 10.2 Å². The predicted molar refractivity (Wildman–Crippen MR) is 52.9 cm³/mol. The molecule has 0 aliphatic carbocycles. The van der Waals surface area contributed by atoms with E-state index in [4.69, 9.17) is 21.8 Å². The van der Waals surface area contributed by atoms with E-state index in [0.717, 1.165) is 0 Å². The van der Waals surface area contributed by atoms with Gasteiger partial charge in [0.15, 0.2) is 0 Å². The molecule has 0 amide bonds. The van der Waals surface area contributed by atoms with Crippen molar-refractivity contribution in [2.75, 3.05) is 5.73 Å². The van der Waals surface area contributed by atoms with Gasteiger partial charge in [0, 0.05) is 10.6 Å². The molecule has 0 bridgehead atoms. The number of aromatic nitrogens is 2. The van der Waals surface area contributed by atoms with E-state index in [-0.39, 0.29) is 18.3 Å². The van der Waals surface area contributed by atoms with Crippen LogP contribution in [0.4, 0.5) is 10.4 Å². The first kappa shape index (κ1) is 9.92. The van der Waals surface area contributed by atoms with Crippen LogP contribution in [0.2, 0.25) is 5.02 Å². The van der Waals surface area contributed by atoms with Crippen molar-refractivity contribution in [1.29, 1.82) is 0 Å². The molecule has 0 saturated carbocycles. The molecule has 0 atom stereocenters. The van der Waals surface area contributed by atoms with Gasteiger partial charge in [-0.25, -0.2) is 4.39 Å². The summed E-state index contributed by atoms with van der Waals surface area (Å²) in [6.45, 7) is 0. The quantitative estimate of drug-likeness (QED) is 0.853. The molecule has 1 aromatic heterocycles. The zero-order chi connectivity index (χ0) is 10.8. The van der Waals surface area contributed by atoms with Gasteiger partial charge in [-0.05, 0) is 12.1 Å². The molecule has 2 aromatic rings. The number of anilines is 1. The number of hydrogen-bond donors (Lipinski definition) is 1. The van der Waals surface area contributed by atoms with Crippen LogP contribution < -0.4 is 5.73 Å². The molecule has 2 N–H and O–H groups in total. The van der Waals surface area contributed by atoms with E-state index in [1.165, 1.54) is 12.1 Å². The lowest BCUT2D eigenvalue weighted by molar-refractivity contribution is 0.515. The van der Waals surface area contributed by atoms with Crippen LogP contribution in [-0.4, -0.2) is 10.2 Å². The highest BCUT2D eigenvalue weighted by Crippen LogP contribution is 2.21. The molecule has 6 heteroatoms. The maximum atomic E-state index is 13.3. The fraction of sp³-hybridized carbons (Fsp3) is 0.111. The highest BCUT2D eigenvalue weighted by atomic mass is 35.5. The van der Waals surface area contributed by atoms with Gasteiger partial charge in [0.05, 0.1) is 6.42 Å². The molecule has 0 fully saturated rings. The lowest BCUT2D eigenvalue weighted by Gasteiger charge is -2.01. The SMILES string of the molecule is Nc1nnc(Cc2c(F)cccc2Cl)o1. The van der Waals surface area contributed by atoms with Gasteiger partial charge >= 0.3 is 6.01 Å². The number of nitrogens with zero attached hydrogens (tertiary/aromatic N) is 2. The Labute approximate surface area is 89.9 Å². The second-order valence-electron chi connectivity index (χ2n) is 2.91. The maximum absolute atomic E-state index is 13.3. The van der Waals surface area contributed by atoms with Crippen molar-refractivity contribution in [3.8, 4) is 0 Å². The standard InChI is InChI=1S/C9H7ClFN3O/c10-6-2-1-3-7(11)5(6)4-8-13-14-9(12)15-8/h1-3H,4H2,(H2,12,14). The minimum Gasteiger partial charge on any atom is -0.408 e. The van der Waals surface area contributed by atoms with Gasteiger partial charge in [0.25, 0.3) is 0 Å². The van der Waals surface area contributed by atoms with Crippen LogP contribution in [0.15, 0.2) is 22.6 Å². The van der Waals surface area contributed by atoms with Crippen LogP contribution in [0, 0.1) is 5.82 Å². The van der Waals surface area contributed by atoms with Gasteiger partial charge in [0.2, 0.25) is 5.89 Å². The summed E-state index contributed by atoms with van der Waals surface area (Å²) in [6.07, 6.45) is 0.135. The lowest BCUT2D eigenvalue weighted by atomic mass is 10.1. The fourth-order valence-corrected chi connectivity index (χ4v) is 1.42. The Morgan fingerprint density at radius 3 is 2.80 bits per heavy atom. The number of halogens is 2. The normalized spacial score (nSPS) is 10.5. The fourth-order valence-electron chi connectivity index (χ4n) is 1.19. The summed E-state index contributed by atoms with van der Waals surface area (Å²) >= 11 is 5.83. The van der Waals surface area contributed by atoms with Gasteiger partial charge in [-0.2, -0.15) is 0 Å². The third-order valence-corrected chi connectivity index (χ3v) is 2.23. The number of hydrogen-bond acceptors (Lipinski definition) is 4. The monoisotopic (exact) mass is 227 g/mol. The molecule has 1 heterocycles. The Bertz CT molecular complexity index is 466. The molecule has 4 nitrogen and oxygen atoms in total. The van der Waals surface area contributed by atoms with Gasteiger partial charge in [-0.1, -0.05) is 22.8 Å². The van der Waals surface area contributed by atoms with E-state index in [1.807, 2.05) is 0 Å². The molecule has 0 aliphatic rings. The predicted octanol–water partition coefficient (Wildman–Crippen LogP) is 2.04. The van der Waals surface area contributed by atoms with Crippen molar-refractivity contribution < 1.29 is 8.81 Å². The van der Waals surface area contributed by atoms with E-state index < -0.39 is 5.82 Å². The number of rotatable bonds is 2. The molecule has 0 radical (unpaired) electrons. The Kier molecular flexibility index (Phi) is 2.55. The van der Waals surface area contributed by atoms with Gasteiger partial charge in [-0.3, -0.25) is 0 Å². The molecule has 0 unspecified atom stereocenters. The summed E-state index contributed by atoms with van der Waals surface area (Å²) in [5.41, 5.74) is 5.56. The van der Waals surface area contributed by atoms with E-state index >= 15 is 0 Å². The zero-order valence-electron chi connectivity index (χ0n) is 7.58. The van der Waals surface area contributed by atoms with Crippen LogP contribution in [0.25, 0.3) is 0 Å². The number of nitrogens with two attached hydrogens (primary N) is 1. The Morgan fingerprint density at radius 1 is 1.40 bits per heavy atom. The van der Waals surface area contributed by atoms with Crippen LogP contribution in [0.5, 0.6) is 0 Å². The third-order valence-electron chi connectivity index (χ3n) is 1.87. The Hall–Kier alpha value is -1.62. The van der Waals surface area contributed by atoms with E-state index in [0.29, 0.717) is 10.6 Å². The molecule has 0 spiro atoms. The summed E-state index contributed by atoms with van der Waals surface area (Å²) in [7, 11) is 0. The van der Waals surface area contributed by atoms with Crippen molar-refractivity contribution in [1.82, 2.24) is 10.2 Å². The van der Waals surface area contributed by atoms with Crippen molar-refractivity contribution in [2.24, 2.45) is 0 Å². The second kappa shape index (κ2) is 3.86. The molecular weight excluding hydrogens is 221 g/mol. The molecule has 78 valence electrons. The summed E-state index contributed by atoms with van der Waals surface area (Å²) in [6, 6.07) is 4.40. The maximum Gasteiger partial charge on any atom is 0.312 e. The van der Waals surface area contributed by atoms with Crippen molar-refractivity contribution in [3.63, 3.8) is 0 Å². The second-order valence-corrected chi connectivity index (χ2v) is 3.32. The molecular formula is C9H7ClFN3O. The first-order valence-corrected chi connectivity index (χ1v) is 4.55. The minimum atomic E-state index is -0.403. The first-order chi connectivity index (χ1) is 7.16. The van der Waals surface area contributed by atoms with E-state index in [9.17, 15) is 4.39 Å². The van der Waals surface area contributed by atoms with Crippen molar-refractivity contribution in [3.05, 3.63) is 40.5 Å². The molecule has 2 rings (SSSR count). The van der Waals surface area contributed by atoms with Crippen molar-refractivity contribution >= 4 is 17.6 Å². The first-order valence-electron chi connectivity index (χ1n) is 4.17. The summed E-state index contributed by atoms with van der Waals surface area (Å²) in [5, 5.41) is 7.42.